The van der Waals surface area contributed by atoms with Gasteiger partial charge in [-0.25, -0.2) is 0 Å². The van der Waals surface area contributed by atoms with Crippen LogP contribution in [-0.2, 0) is 6.54 Å². The molecule has 162 valence electrons. The number of nitrogens with zero attached hydrogens (tertiary/aromatic N) is 2. The molecule has 4 aromatic rings. The van der Waals surface area contributed by atoms with Gasteiger partial charge in [0.15, 0.2) is 6.54 Å². The van der Waals surface area contributed by atoms with Crippen molar-refractivity contribution in [2.45, 2.75) is 26.8 Å². The molecule has 3 aromatic carbocycles. The Hall–Kier alpha value is -2.95. The second-order valence-corrected chi connectivity index (χ2v) is 8.43. The largest absolute Gasteiger partial charge is 1.00 e. The van der Waals surface area contributed by atoms with Crippen LogP contribution in [0.3, 0.4) is 0 Å². The van der Waals surface area contributed by atoms with E-state index in [1.54, 1.807) is 24.3 Å². The third kappa shape index (κ3) is 3.35. The molecule has 0 N–H and O–H groups in total. The van der Waals surface area contributed by atoms with Crippen molar-refractivity contribution in [3.8, 4) is 0 Å². The molecule has 1 aliphatic heterocycles. The van der Waals surface area contributed by atoms with Gasteiger partial charge in [0, 0.05) is 24.6 Å². The van der Waals surface area contributed by atoms with Crippen LogP contribution in [0.15, 0.2) is 60.7 Å². The number of aromatic nitrogens is 1. The first-order valence-corrected chi connectivity index (χ1v) is 10.8. The molecule has 0 fully saturated rings. The monoisotopic (exact) mass is 464 g/mol. The lowest BCUT2D eigenvalue weighted by Crippen LogP contribution is -3.00. The minimum absolute atomic E-state index is 0. The predicted molar refractivity (Wildman–Crippen MR) is 123 cm³/mol. The van der Waals surface area contributed by atoms with Crippen LogP contribution >= 0.6 is 11.6 Å². The van der Waals surface area contributed by atoms with Crippen LogP contribution in [0.4, 0.5) is 0 Å². The number of benzene rings is 3. The summed E-state index contributed by atoms with van der Waals surface area (Å²) in [6, 6.07) is 19.3. The Labute approximate surface area is 197 Å². The maximum absolute atomic E-state index is 12.7. The van der Waals surface area contributed by atoms with Gasteiger partial charge in [-0.05, 0) is 43.7 Å². The zero-order valence-electron chi connectivity index (χ0n) is 17.9. The minimum atomic E-state index is -0.205. The van der Waals surface area contributed by atoms with E-state index in [1.807, 2.05) is 18.2 Å². The van der Waals surface area contributed by atoms with Gasteiger partial charge in [0.2, 0.25) is 11.0 Å². The maximum atomic E-state index is 12.7. The minimum Gasteiger partial charge on any atom is -1.00 e. The lowest BCUT2D eigenvalue weighted by Gasteiger charge is -2.14. The molecule has 1 aliphatic rings. The third-order valence-corrected chi connectivity index (χ3v) is 6.69. The number of hydrogen-bond acceptors (Lipinski definition) is 2. The fourth-order valence-electron chi connectivity index (χ4n) is 4.55. The number of fused-ring (bicyclic) bond motifs is 3. The molecule has 6 heteroatoms. The lowest BCUT2D eigenvalue weighted by molar-refractivity contribution is -0.645. The highest BCUT2D eigenvalue weighted by Crippen LogP contribution is 2.32. The van der Waals surface area contributed by atoms with E-state index in [0.29, 0.717) is 30.6 Å². The molecule has 0 saturated heterocycles. The first kappa shape index (κ1) is 22.3. The molecule has 2 amide bonds. The standard InChI is InChI=1S/C26H22ClN2O2.ClH/c1-16-12-13-21-23(27)20-10-5-6-11-22(20)28(24(21)17(16)2)14-7-15-29-25(30)18-8-3-4-9-19(18)26(29)31;/h3-6,8-13H,7,14-15H2,1-2H3;1H/q+1;/p-1. The van der Waals surface area contributed by atoms with Crippen LogP contribution in [0.2, 0.25) is 5.02 Å². The van der Waals surface area contributed by atoms with Crippen molar-refractivity contribution in [2.24, 2.45) is 0 Å². The van der Waals surface area contributed by atoms with E-state index in [-0.39, 0.29) is 24.2 Å². The Morgan fingerprint density at radius 1 is 0.844 bits per heavy atom. The summed E-state index contributed by atoms with van der Waals surface area (Å²) < 4.78 is 2.27. The van der Waals surface area contributed by atoms with Crippen molar-refractivity contribution >= 4 is 45.2 Å². The van der Waals surface area contributed by atoms with Crippen LogP contribution in [0.5, 0.6) is 0 Å². The summed E-state index contributed by atoms with van der Waals surface area (Å²) in [6.07, 6.45) is 0.657. The van der Waals surface area contributed by atoms with Gasteiger partial charge in [-0.3, -0.25) is 14.5 Å². The topological polar surface area (TPSA) is 41.3 Å². The van der Waals surface area contributed by atoms with Crippen molar-refractivity contribution in [2.75, 3.05) is 6.54 Å². The van der Waals surface area contributed by atoms with Gasteiger partial charge in [0.1, 0.15) is 0 Å². The molecule has 1 aromatic heterocycles. The quantitative estimate of drug-likeness (QED) is 0.264. The van der Waals surface area contributed by atoms with Crippen LogP contribution < -0.4 is 17.0 Å². The first-order chi connectivity index (χ1) is 15.0. The number of carbonyl (C=O) groups excluding carboxylic acids is 2. The fraction of sp³-hybridized carbons (Fsp3) is 0.192. The molecule has 0 bridgehead atoms. The molecule has 5 rings (SSSR count). The third-order valence-electron chi connectivity index (χ3n) is 6.28. The van der Waals surface area contributed by atoms with Gasteiger partial charge < -0.3 is 12.4 Å². The van der Waals surface area contributed by atoms with Gasteiger partial charge in [-0.1, -0.05) is 41.9 Å². The van der Waals surface area contributed by atoms with E-state index < -0.39 is 0 Å². The number of rotatable bonds is 4. The number of para-hydroxylation sites is 1. The van der Waals surface area contributed by atoms with Crippen molar-refractivity contribution in [3.05, 3.63) is 87.9 Å². The van der Waals surface area contributed by atoms with Gasteiger partial charge in [-0.2, -0.15) is 4.57 Å². The molecule has 2 heterocycles. The molecule has 0 spiro atoms. The van der Waals surface area contributed by atoms with E-state index >= 15 is 0 Å². The summed E-state index contributed by atoms with van der Waals surface area (Å²) >= 11 is 6.79. The van der Waals surface area contributed by atoms with Crippen molar-refractivity contribution in [1.82, 2.24) is 4.90 Å². The Balaban J connectivity index is 0.00000245. The highest BCUT2D eigenvalue weighted by molar-refractivity contribution is 6.40. The van der Waals surface area contributed by atoms with Gasteiger partial charge in [0.05, 0.1) is 26.9 Å². The summed E-state index contributed by atoms with van der Waals surface area (Å²) in [7, 11) is 0. The molecule has 0 unspecified atom stereocenters. The number of aryl methyl sites for hydroxylation is 3. The van der Waals surface area contributed by atoms with E-state index in [4.69, 9.17) is 11.6 Å². The molecular weight excluding hydrogens is 443 g/mol. The Morgan fingerprint density at radius 3 is 2.16 bits per heavy atom. The molecule has 0 atom stereocenters. The maximum Gasteiger partial charge on any atom is 0.261 e. The second-order valence-electron chi connectivity index (χ2n) is 8.05. The number of pyridine rings is 1. The Morgan fingerprint density at radius 2 is 1.47 bits per heavy atom. The first-order valence-electron chi connectivity index (χ1n) is 10.4. The van der Waals surface area contributed by atoms with E-state index in [1.165, 1.54) is 16.0 Å². The zero-order chi connectivity index (χ0) is 21.7. The zero-order valence-corrected chi connectivity index (χ0v) is 19.4. The van der Waals surface area contributed by atoms with Gasteiger partial charge in [-0.15, -0.1) is 0 Å². The molecule has 4 nitrogen and oxygen atoms in total. The van der Waals surface area contributed by atoms with E-state index in [0.717, 1.165) is 26.8 Å². The summed E-state index contributed by atoms with van der Waals surface area (Å²) in [5, 5.41) is 2.77. The average Bonchev–Trinajstić information content (AvgIpc) is 3.03. The number of hydrogen-bond donors (Lipinski definition) is 0. The number of halogens is 2. The van der Waals surface area contributed by atoms with Crippen molar-refractivity contribution in [3.63, 3.8) is 0 Å². The van der Waals surface area contributed by atoms with Crippen LogP contribution in [0.25, 0.3) is 21.8 Å². The number of carbonyl (C=O) groups is 2. The van der Waals surface area contributed by atoms with Crippen LogP contribution in [0, 0.1) is 13.8 Å². The summed E-state index contributed by atoms with van der Waals surface area (Å²) in [6.45, 7) is 5.26. The molecule has 0 aliphatic carbocycles. The number of amides is 2. The highest BCUT2D eigenvalue weighted by Gasteiger charge is 2.35. The SMILES string of the molecule is Cc1ccc2c(Cl)c3ccccc3[n+](CCCN3C(=O)c4ccccc4C3=O)c2c1C.[Cl-]. The molecule has 0 radical (unpaired) electrons. The molecule has 32 heavy (non-hydrogen) atoms. The smallest absolute Gasteiger partial charge is 0.261 e. The van der Waals surface area contributed by atoms with Gasteiger partial charge >= 0.3 is 0 Å². The van der Waals surface area contributed by atoms with E-state index in [9.17, 15) is 9.59 Å². The van der Waals surface area contributed by atoms with Crippen molar-refractivity contribution < 1.29 is 26.6 Å². The van der Waals surface area contributed by atoms with Crippen molar-refractivity contribution in [1.29, 1.82) is 0 Å². The van der Waals surface area contributed by atoms with Crippen LogP contribution in [-0.4, -0.2) is 23.3 Å². The second kappa shape index (κ2) is 8.53. The van der Waals surface area contributed by atoms with E-state index in [2.05, 4.69) is 36.6 Å². The predicted octanol–water partition coefficient (Wildman–Crippen LogP) is 2.24. The van der Waals surface area contributed by atoms with Crippen LogP contribution in [0.1, 0.15) is 38.3 Å². The normalized spacial score (nSPS) is 13.0. The number of imide groups is 1. The lowest BCUT2D eigenvalue weighted by atomic mass is 10.0. The molecule has 0 saturated carbocycles. The summed E-state index contributed by atoms with van der Waals surface area (Å²) in [5.41, 5.74) is 5.53. The summed E-state index contributed by atoms with van der Waals surface area (Å²) in [4.78, 5) is 26.8. The van der Waals surface area contributed by atoms with Gasteiger partial charge in [0.25, 0.3) is 11.8 Å². The Bertz CT molecular complexity index is 1360. The highest BCUT2D eigenvalue weighted by atomic mass is 35.5. The fourth-order valence-corrected chi connectivity index (χ4v) is 4.86. The Kier molecular flexibility index (Phi) is 5.93. The average molecular weight is 465 g/mol. The molecular formula is C26H22Cl2N2O2. The summed E-state index contributed by atoms with van der Waals surface area (Å²) in [5.74, 6) is -0.410.